The summed E-state index contributed by atoms with van der Waals surface area (Å²) in [5.41, 5.74) is 1.39. The van der Waals surface area contributed by atoms with Crippen molar-refractivity contribution in [2.24, 2.45) is 0 Å². The van der Waals surface area contributed by atoms with Gasteiger partial charge in [-0.05, 0) is 35.3 Å². The van der Waals surface area contributed by atoms with Gasteiger partial charge < -0.3 is 28.3 Å². The molecule has 41 heavy (non-hydrogen) atoms. The minimum atomic E-state index is -0.853. The Balaban J connectivity index is 1.51. The standard InChI is InChI=1S/C32H29BO8/c1-18(34)37-30-24-13-21-9-7-8-10-22(21)14-25(24)31(38-19(2)35)29-26(30)15-32(28-17-36-20(3)39-28)16-27(29)40-33(41-32)23-11-5-4-6-12-23/h4-14,20,27-28H,15-17H2,1-3H3/t20-,27?,28-,32?/m1/s1. The number of carbonyl (C=O) groups excluding carboxylic acids is 2. The lowest BCUT2D eigenvalue weighted by molar-refractivity contribution is -0.147. The van der Waals surface area contributed by atoms with Crippen LogP contribution in [0.25, 0.3) is 21.5 Å². The van der Waals surface area contributed by atoms with Gasteiger partial charge in [-0.1, -0.05) is 54.6 Å². The topological polar surface area (TPSA) is 89.5 Å². The van der Waals surface area contributed by atoms with E-state index in [1.54, 1.807) is 0 Å². The lowest BCUT2D eigenvalue weighted by Crippen LogP contribution is -2.61. The highest BCUT2D eigenvalue weighted by molar-refractivity contribution is 6.61. The van der Waals surface area contributed by atoms with Crippen LogP contribution in [-0.2, 0) is 34.8 Å². The van der Waals surface area contributed by atoms with Gasteiger partial charge in [0.05, 0.1) is 18.3 Å². The van der Waals surface area contributed by atoms with E-state index >= 15 is 0 Å². The van der Waals surface area contributed by atoms with E-state index < -0.39 is 36.9 Å². The Kier molecular flexibility index (Phi) is 6.35. The fourth-order valence-corrected chi connectivity index (χ4v) is 6.48. The Morgan fingerprint density at radius 2 is 1.54 bits per heavy atom. The summed E-state index contributed by atoms with van der Waals surface area (Å²) in [6.45, 7) is 4.98. The molecule has 3 aliphatic rings. The van der Waals surface area contributed by atoms with E-state index in [1.807, 2.05) is 73.7 Å². The van der Waals surface area contributed by atoms with Crippen LogP contribution in [0, 0.1) is 0 Å². The monoisotopic (exact) mass is 552 g/mol. The first-order valence-electron chi connectivity index (χ1n) is 13.8. The first-order chi connectivity index (χ1) is 19.8. The number of hydrogen-bond donors (Lipinski definition) is 0. The second-order valence-electron chi connectivity index (χ2n) is 10.9. The normalized spacial score (nSPS) is 25.2. The third-order valence-corrected chi connectivity index (χ3v) is 8.17. The molecule has 4 aromatic rings. The highest BCUT2D eigenvalue weighted by atomic mass is 16.7. The van der Waals surface area contributed by atoms with E-state index in [-0.39, 0.29) is 6.29 Å². The van der Waals surface area contributed by atoms with E-state index in [0.29, 0.717) is 52.8 Å². The van der Waals surface area contributed by atoms with Crippen LogP contribution in [0.4, 0.5) is 0 Å². The van der Waals surface area contributed by atoms with Crippen molar-refractivity contribution < 1.29 is 37.8 Å². The number of hydrogen-bond acceptors (Lipinski definition) is 8. The van der Waals surface area contributed by atoms with Crippen LogP contribution in [0.15, 0.2) is 66.7 Å². The average molecular weight is 552 g/mol. The summed E-state index contributed by atoms with van der Waals surface area (Å²) >= 11 is 0. The molecule has 0 saturated carbocycles. The zero-order valence-electron chi connectivity index (χ0n) is 23.0. The molecule has 1 aliphatic carbocycles. The predicted molar refractivity (Wildman–Crippen MR) is 152 cm³/mol. The summed E-state index contributed by atoms with van der Waals surface area (Å²) in [6.07, 6.45) is -0.541. The number of ether oxygens (including phenoxy) is 4. The van der Waals surface area contributed by atoms with Crippen molar-refractivity contribution in [2.45, 2.75) is 57.7 Å². The van der Waals surface area contributed by atoms with Crippen molar-refractivity contribution in [3.05, 3.63) is 77.9 Å². The van der Waals surface area contributed by atoms with Crippen molar-refractivity contribution in [3.63, 3.8) is 0 Å². The molecule has 0 aromatic heterocycles. The summed E-state index contributed by atoms with van der Waals surface area (Å²) in [7, 11) is -0.697. The van der Waals surface area contributed by atoms with Crippen LogP contribution >= 0.6 is 0 Å². The van der Waals surface area contributed by atoms with Crippen LogP contribution in [0.1, 0.15) is 44.4 Å². The van der Waals surface area contributed by atoms with E-state index in [4.69, 9.17) is 28.3 Å². The molecule has 4 atom stereocenters. The SMILES string of the molecule is CC(=O)Oc1c2c(c(OC(C)=O)c3cc4ccccc4cc13)C1CC([C@H]3CO[C@@H](C)O3)(C2)OB(c2ccccc2)O1. The van der Waals surface area contributed by atoms with Gasteiger partial charge in [-0.25, -0.2) is 0 Å². The van der Waals surface area contributed by atoms with E-state index in [0.717, 1.165) is 16.2 Å². The van der Waals surface area contributed by atoms with Crippen molar-refractivity contribution >= 4 is 46.1 Å². The molecule has 2 unspecified atom stereocenters. The van der Waals surface area contributed by atoms with Gasteiger partial charge in [-0.2, -0.15) is 0 Å². The smallest absolute Gasteiger partial charge is 0.426 e. The van der Waals surface area contributed by atoms with Gasteiger partial charge in [0.2, 0.25) is 0 Å². The van der Waals surface area contributed by atoms with Gasteiger partial charge in [0.25, 0.3) is 0 Å². The second-order valence-corrected chi connectivity index (χ2v) is 10.9. The molecule has 2 aliphatic heterocycles. The molecule has 0 spiro atoms. The fraction of sp³-hybridized carbons (Fsp3) is 0.312. The zero-order valence-corrected chi connectivity index (χ0v) is 23.0. The molecule has 2 fully saturated rings. The summed E-state index contributed by atoms with van der Waals surface area (Å²) in [5, 5.41) is 3.26. The third-order valence-electron chi connectivity index (χ3n) is 8.17. The Morgan fingerprint density at radius 3 is 2.17 bits per heavy atom. The third kappa shape index (κ3) is 4.49. The average Bonchev–Trinajstić information content (AvgIpc) is 3.41. The van der Waals surface area contributed by atoms with Crippen molar-refractivity contribution in [1.82, 2.24) is 0 Å². The number of rotatable bonds is 4. The van der Waals surface area contributed by atoms with E-state index in [1.165, 1.54) is 13.8 Å². The number of esters is 2. The maximum absolute atomic E-state index is 12.5. The molecule has 0 radical (unpaired) electrons. The van der Waals surface area contributed by atoms with E-state index in [2.05, 4.69) is 0 Å². The largest absolute Gasteiger partial charge is 0.494 e. The quantitative estimate of drug-likeness (QED) is 0.155. The molecule has 208 valence electrons. The van der Waals surface area contributed by atoms with Gasteiger partial charge >= 0.3 is 19.1 Å². The second kappa shape index (κ2) is 9.96. The fourth-order valence-electron chi connectivity index (χ4n) is 6.48. The van der Waals surface area contributed by atoms with Crippen molar-refractivity contribution in [1.29, 1.82) is 0 Å². The highest BCUT2D eigenvalue weighted by Crippen LogP contribution is 2.55. The first kappa shape index (κ1) is 26.2. The predicted octanol–water partition coefficient (Wildman–Crippen LogP) is 4.77. The number of carbonyl (C=O) groups is 2. The molecule has 2 saturated heterocycles. The molecule has 0 N–H and O–H groups in total. The summed E-state index contributed by atoms with van der Waals surface area (Å²) in [5.74, 6) is -0.0829. The minimum Gasteiger partial charge on any atom is -0.426 e. The molecule has 8 nitrogen and oxygen atoms in total. The van der Waals surface area contributed by atoms with Crippen LogP contribution in [0.2, 0.25) is 0 Å². The summed E-state index contributed by atoms with van der Waals surface area (Å²) in [6, 6.07) is 21.6. The zero-order chi connectivity index (χ0) is 28.3. The van der Waals surface area contributed by atoms with Crippen LogP contribution in [0.3, 0.4) is 0 Å². The van der Waals surface area contributed by atoms with Gasteiger partial charge in [0.1, 0.15) is 17.6 Å². The van der Waals surface area contributed by atoms with Crippen LogP contribution in [0.5, 0.6) is 11.5 Å². The Morgan fingerprint density at radius 1 is 0.902 bits per heavy atom. The lowest BCUT2D eigenvalue weighted by Gasteiger charge is -2.50. The molecule has 9 heteroatoms. The molecular weight excluding hydrogens is 523 g/mol. The first-order valence-corrected chi connectivity index (χ1v) is 13.8. The maximum Gasteiger partial charge on any atom is 0.494 e. The molecule has 4 aromatic carbocycles. The van der Waals surface area contributed by atoms with E-state index in [9.17, 15) is 9.59 Å². The van der Waals surface area contributed by atoms with Gasteiger partial charge in [-0.3, -0.25) is 9.59 Å². The number of benzene rings is 4. The highest BCUT2D eigenvalue weighted by Gasteiger charge is 2.57. The van der Waals surface area contributed by atoms with Crippen LogP contribution in [-0.4, -0.2) is 43.7 Å². The van der Waals surface area contributed by atoms with Gasteiger partial charge in [0, 0.05) is 48.6 Å². The maximum atomic E-state index is 12.5. The Bertz CT molecular complexity index is 1690. The summed E-state index contributed by atoms with van der Waals surface area (Å²) < 4.78 is 37.5. The van der Waals surface area contributed by atoms with Crippen LogP contribution < -0.4 is 14.9 Å². The Hall–Kier alpha value is -3.76. The van der Waals surface area contributed by atoms with Crippen molar-refractivity contribution in [3.8, 4) is 11.5 Å². The molecule has 7 rings (SSSR count). The van der Waals surface area contributed by atoms with Crippen molar-refractivity contribution in [2.75, 3.05) is 6.61 Å². The minimum absolute atomic E-state index is 0.339. The molecule has 2 heterocycles. The Labute approximate surface area is 237 Å². The molecular formula is C32H29BO8. The lowest BCUT2D eigenvalue weighted by atomic mass is 9.67. The van der Waals surface area contributed by atoms with Gasteiger partial charge in [-0.15, -0.1) is 0 Å². The molecule has 2 bridgehead atoms. The molecule has 0 amide bonds. The number of fused-ring (bicyclic) bond motifs is 6. The summed E-state index contributed by atoms with van der Waals surface area (Å²) in [4.78, 5) is 25.0. The van der Waals surface area contributed by atoms with Gasteiger partial charge in [0.15, 0.2) is 6.29 Å².